The lowest BCUT2D eigenvalue weighted by Crippen LogP contribution is -2.40. The van der Waals surface area contributed by atoms with E-state index in [4.69, 9.17) is 21.1 Å². The van der Waals surface area contributed by atoms with Crippen LogP contribution in [-0.4, -0.2) is 27.7 Å². The number of hydrogen-bond acceptors (Lipinski definition) is 5. The van der Waals surface area contributed by atoms with Crippen molar-refractivity contribution in [2.24, 2.45) is 0 Å². The maximum absolute atomic E-state index is 13.3. The molecule has 0 bridgehead atoms. The molecule has 0 radical (unpaired) electrons. The van der Waals surface area contributed by atoms with Crippen LogP contribution < -0.4 is 19.1 Å². The van der Waals surface area contributed by atoms with Crippen molar-refractivity contribution < 1.29 is 22.7 Å². The third-order valence-corrected chi connectivity index (χ3v) is 7.18. The predicted octanol–water partition coefficient (Wildman–Crippen LogP) is 3.89. The van der Waals surface area contributed by atoms with Gasteiger partial charge < -0.3 is 14.8 Å². The van der Waals surface area contributed by atoms with Gasteiger partial charge in [-0.25, -0.2) is 8.42 Å². The molecule has 0 unspecified atom stereocenters. The number of sulfonamides is 1. The summed E-state index contributed by atoms with van der Waals surface area (Å²) in [4.78, 5) is 12.8. The second kappa shape index (κ2) is 9.10. The number of nitrogens with one attached hydrogen (secondary N) is 1. The molecule has 3 aromatic rings. The van der Waals surface area contributed by atoms with Gasteiger partial charge in [0.15, 0.2) is 11.5 Å². The van der Waals surface area contributed by atoms with Crippen LogP contribution in [0.5, 0.6) is 11.5 Å². The Balaban J connectivity index is 1.56. The van der Waals surface area contributed by atoms with E-state index in [1.54, 1.807) is 48.5 Å². The molecular formula is C23H21ClN2O5S. The van der Waals surface area contributed by atoms with Crippen LogP contribution in [0, 0.1) is 6.92 Å². The van der Waals surface area contributed by atoms with Crippen molar-refractivity contribution >= 4 is 33.2 Å². The lowest BCUT2D eigenvalue weighted by Gasteiger charge is -2.24. The summed E-state index contributed by atoms with van der Waals surface area (Å²) in [6.07, 6.45) is 0. The van der Waals surface area contributed by atoms with E-state index in [1.165, 1.54) is 12.1 Å². The van der Waals surface area contributed by atoms with Gasteiger partial charge in [-0.2, -0.15) is 0 Å². The average Bonchev–Trinajstić information content (AvgIpc) is 3.26. The van der Waals surface area contributed by atoms with E-state index >= 15 is 0 Å². The van der Waals surface area contributed by atoms with E-state index in [0.29, 0.717) is 22.2 Å². The summed E-state index contributed by atoms with van der Waals surface area (Å²) in [6, 6.07) is 18.2. The van der Waals surface area contributed by atoms with E-state index in [-0.39, 0.29) is 18.2 Å². The predicted molar refractivity (Wildman–Crippen MR) is 122 cm³/mol. The number of fused-ring (bicyclic) bond motifs is 1. The Bertz CT molecular complexity index is 1250. The van der Waals surface area contributed by atoms with Crippen molar-refractivity contribution in [3.63, 3.8) is 0 Å². The smallest absolute Gasteiger partial charge is 0.264 e. The minimum atomic E-state index is -3.99. The van der Waals surface area contributed by atoms with Crippen LogP contribution in [0.1, 0.15) is 11.1 Å². The molecule has 0 saturated carbocycles. The maximum atomic E-state index is 13.3. The van der Waals surface area contributed by atoms with Crippen molar-refractivity contribution in [1.82, 2.24) is 5.32 Å². The van der Waals surface area contributed by atoms with Gasteiger partial charge in [0.2, 0.25) is 12.7 Å². The minimum Gasteiger partial charge on any atom is -0.454 e. The van der Waals surface area contributed by atoms with Crippen molar-refractivity contribution in [3.8, 4) is 11.5 Å². The number of benzene rings is 3. The van der Waals surface area contributed by atoms with Crippen LogP contribution in [0.3, 0.4) is 0 Å². The second-order valence-electron chi connectivity index (χ2n) is 7.22. The first-order chi connectivity index (χ1) is 15.3. The Morgan fingerprint density at radius 1 is 1.03 bits per heavy atom. The molecule has 1 amide bonds. The van der Waals surface area contributed by atoms with E-state index in [2.05, 4.69) is 5.32 Å². The fourth-order valence-electron chi connectivity index (χ4n) is 3.21. The van der Waals surface area contributed by atoms with Crippen LogP contribution in [0.2, 0.25) is 5.02 Å². The van der Waals surface area contributed by atoms with E-state index in [1.807, 2.05) is 13.0 Å². The van der Waals surface area contributed by atoms with Gasteiger partial charge in [0.1, 0.15) is 6.54 Å². The fraction of sp³-hybridized carbons (Fsp3) is 0.174. The molecule has 0 atom stereocenters. The van der Waals surface area contributed by atoms with Gasteiger partial charge in [-0.3, -0.25) is 9.10 Å². The first-order valence-electron chi connectivity index (χ1n) is 9.84. The van der Waals surface area contributed by atoms with Gasteiger partial charge in [0.05, 0.1) is 10.6 Å². The SMILES string of the molecule is Cc1ccc(N(CC(=O)NCc2ccc3c(c2)OCO3)S(=O)(=O)c2ccccc2)cc1Cl. The summed E-state index contributed by atoms with van der Waals surface area (Å²) in [7, 11) is -3.99. The van der Waals surface area contributed by atoms with Gasteiger partial charge in [-0.1, -0.05) is 41.9 Å². The Labute approximate surface area is 191 Å². The molecule has 1 N–H and O–H groups in total. The van der Waals surface area contributed by atoms with Gasteiger partial charge in [0, 0.05) is 11.6 Å². The highest BCUT2D eigenvalue weighted by Gasteiger charge is 2.27. The molecule has 1 aliphatic rings. The maximum Gasteiger partial charge on any atom is 0.264 e. The lowest BCUT2D eigenvalue weighted by molar-refractivity contribution is -0.119. The number of carbonyl (C=O) groups is 1. The van der Waals surface area contributed by atoms with Crippen LogP contribution in [0.25, 0.3) is 0 Å². The third kappa shape index (κ3) is 4.66. The number of ether oxygens (including phenoxy) is 2. The normalized spacial score (nSPS) is 12.4. The Morgan fingerprint density at radius 3 is 2.53 bits per heavy atom. The largest absolute Gasteiger partial charge is 0.454 e. The van der Waals surface area contributed by atoms with E-state index in [9.17, 15) is 13.2 Å². The first-order valence-corrected chi connectivity index (χ1v) is 11.7. The molecule has 0 aromatic heterocycles. The summed E-state index contributed by atoms with van der Waals surface area (Å²) in [5.74, 6) is 0.801. The lowest BCUT2D eigenvalue weighted by atomic mass is 10.2. The fourth-order valence-corrected chi connectivity index (χ4v) is 4.82. The highest BCUT2D eigenvalue weighted by Crippen LogP contribution is 2.32. The number of amides is 1. The molecule has 0 spiro atoms. The number of rotatable bonds is 7. The summed E-state index contributed by atoms with van der Waals surface area (Å²) in [6.45, 7) is 1.79. The minimum absolute atomic E-state index is 0.0836. The zero-order valence-electron chi connectivity index (χ0n) is 17.2. The topological polar surface area (TPSA) is 84.9 Å². The molecular weight excluding hydrogens is 452 g/mol. The van der Waals surface area contributed by atoms with Gasteiger partial charge in [0.25, 0.3) is 10.0 Å². The molecule has 32 heavy (non-hydrogen) atoms. The third-order valence-electron chi connectivity index (χ3n) is 4.99. The summed E-state index contributed by atoms with van der Waals surface area (Å²) < 4.78 is 38.4. The van der Waals surface area contributed by atoms with Gasteiger partial charge in [-0.15, -0.1) is 0 Å². The molecule has 1 heterocycles. The number of hydrogen-bond donors (Lipinski definition) is 1. The average molecular weight is 473 g/mol. The molecule has 1 aliphatic heterocycles. The van der Waals surface area contributed by atoms with Crippen LogP contribution in [0.15, 0.2) is 71.6 Å². The Kier molecular flexibility index (Phi) is 6.25. The zero-order chi connectivity index (χ0) is 22.7. The standard InChI is InChI=1S/C23H21ClN2O5S/c1-16-7-9-18(12-20(16)24)26(32(28,29)19-5-3-2-4-6-19)14-23(27)25-13-17-8-10-21-22(11-17)31-15-30-21/h2-12H,13-15H2,1H3,(H,25,27). The zero-order valence-corrected chi connectivity index (χ0v) is 18.8. The van der Waals surface area contributed by atoms with Crippen molar-refractivity contribution in [2.45, 2.75) is 18.4 Å². The summed E-state index contributed by atoms with van der Waals surface area (Å²) in [5.41, 5.74) is 1.92. The monoisotopic (exact) mass is 472 g/mol. The van der Waals surface area contributed by atoms with Crippen LogP contribution in [-0.2, 0) is 21.4 Å². The molecule has 4 rings (SSSR count). The van der Waals surface area contributed by atoms with Crippen molar-refractivity contribution in [3.05, 3.63) is 82.9 Å². The number of anilines is 1. The highest BCUT2D eigenvalue weighted by atomic mass is 35.5. The Hall–Kier alpha value is -3.23. The van der Waals surface area contributed by atoms with Gasteiger partial charge in [-0.05, 0) is 54.4 Å². The molecule has 0 saturated heterocycles. The number of aryl methyl sites for hydroxylation is 1. The summed E-state index contributed by atoms with van der Waals surface area (Å²) in [5, 5.41) is 3.18. The molecule has 166 valence electrons. The number of nitrogens with zero attached hydrogens (tertiary/aromatic N) is 1. The van der Waals surface area contributed by atoms with Crippen LogP contribution in [0.4, 0.5) is 5.69 Å². The number of carbonyl (C=O) groups excluding carboxylic acids is 1. The van der Waals surface area contributed by atoms with Crippen LogP contribution >= 0.6 is 11.6 Å². The first kappa shape index (κ1) is 22.0. The molecule has 9 heteroatoms. The second-order valence-corrected chi connectivity index (χ2v) is 9.49. The van der Waals surface area contributed by atoms with Crippen molar-refractivity contribution in [2.75, 3.05) is 17.6 Å². The molecule has 7 nitrogen and oxygen atoms in total. The molecule has 0 fully saturated rings. The Morgan fingerprint density at radius 2 is 1.78 bits per heavy atom. The van der Waals surface area contributed by atoms with Crippen molar-refractivity contribution in [1.29, 1.82) is 0 Å². The van der Waals surface area contributed by atoms with Gasteiger partial charge >= 0.3 is 0 Å². The highest BCUT2D eigenvalue weighted by molar-refractivity contribution is 7.92. The quantitative estimate of drug-likeness (QED) is 0.564. The van der Waals surface area contributed by atoms with E-state index < -0.39 is 22.5 Å². The van der Waals surface area contributed by atoms with E-state index in [0.717, 1.165) is 15.4 Å². The molecule has 3 aromatic carbocycles. The molecule has 0 aliphatic carbocycles. The summed E-state index contributed by atoms with van der Waals surface area (Å²) >= 11 is 6.23. The number of halogens is 1.